The molecule has 2 aromatic carbocycles. The molecule has 1 saturated carbocycles. The molecule has 0 radical (unpaired) electrons. The summed E-state index contributed by atoms with van der Waals surface area (Å²) in [5.41, 5.74) is 4.02. The van der Waals surface area contributed by atoms with Crippen molar-refractivity contribution in [3.8, 4) is 17.2 Å². The first-order valence-corrected chi connectivity index (χ1v) is 11.2. The van der Waals surface area contributed by atoms with Gasteiger partial charge < -0.3 is 14.8 Å². The van der Waals surface area contributed by atoms with Crippen LogP contribution in [0.25, 0.3) is 22.0 Å². The van der Waals surface area contributed by atoms with Gasteiger partial charge in [0.1, 0.15) is 11.8 Å². The van der Waals surface area contributed by atoms with Crippen molar-refractivity contribution in [1.29, 1.82) is 5.26 Å². The van der Waals surface area contributed by atoms with E-state index in [-0.39, 0.29) is 17.2 Å². The molecule has 32 heavy (non-hydrogen) atoms. The number of nitrogens with one attached hydrogen (secondary N) is 1. The Labute approximate surface area is 187 Å². The van der Waals surface area contributed by atoms with Crippen LogP contribution in [0.5, 0.6) is 0 Å². The number of hydrogen-bond donors (Lipinski definition) is 1. The fourth-order valence-electron chi connectivity index (χ4n) is 4.78. The molecule has 1 aromatic heterocycles. The molecule has 2 amide bonds. The highest BCUT2D eigenvalue weighted by molar-refractivity contribution is 5.95. The zero-order chi connectivity index (χ0) is 22.3. The quantitative estimate of drug-likeness (QED) is 0.682. The second-order valence-corrected chi connectivity index (χ2v) is 9.17. The summed E-state index contributed by atoms with van der Waals surface area (Å²) in [6.07, 6.45) is 3.10. The average Bonchev–Trinajstić information content (AvgIpc) is 3.24. The normalized spacial score (nSPS) is 17.6. The monoisotopic (exact) mass is 426 g/mol. The molecule has 5 rings (SSSR count). The van der Waals surface area contributed by atoms with Gasteiger partial charge in [-0.2, -0.15) is 5.26 Å². The van der Waals surface area contributed by atoms with E-state index < -0.39 is 0 Å². The van der Waals surface area contributed by atoms with Crippen LogP contribution < -0.4 is 0 Å². The van der Waals surface area contributed by atoms with Crippen LogP contribution in [0, 0.1) is 16.7 Å². The predicted octanol–water partition coefficient (Wildman–Crippen LogP) is 4.18. The molecule has 1 aliphatic carbocycles. The van der Waals surface area contributed by atoms with E-state index in [1.165, 1.54) is 0 Å². The molecule has 6 heteroatoms. The number of rotatable bonds is 3. The number of amides is 2. The second kappa shape index (κ2) is 7.83. The number of carbonyl (C=O) groups is 2. The summed E-state index contributed by atoms with van der Waals surface area (Å²) in [4.78, 5) is 32.6. The molecule has 162 valence electrons. The highest BCUT2D eigenvalue weighted by Crippen LogP contribution is 2.42. The molecular formula is C26H26N4O2. The highest BCUT2D eigenvalue weighted by Gasteiger charge is 2.42. The van der Waals surface area contributed by atoms with E-state index in [1.54, 1.807) is 0 Å². The van der Waals surface area contributed by atoms with E-state index in [2.05, 4.69) is 18.0 Å². The van der Waals surface area contributed by atoms with Crippen LogP contribution >= 0.6 is 0 Å². The summed E-state index contributed by atoms with van der Waals surface area (Å²) in [5, 5.41) is 10.1. The van der Waals surface area contributed by atoms with Crippen LogP contribution in [0.2, 0.25) is 0 Å². The number of benzene rings is 2. The average molecular weight is 427 g/mol. The molecule has 1 N–H and O–H groups in total. The molecule has 2 aliphatic rings. The number of nitrogens with zero attached hydrogens (tertiary/aromatic N) is 3. The Hall–Kier alpha value is -3.59. The minimum atomic E-state index is -0.179. The minimum Gasteiger partial charge on any atom is -0.346 e. The number of aromatic amines is 1. The van der Waals surface area contributed by atoms with Gasteiger partial charge in [0.2, 0.25) is 5.91 Å². The number of piperazine rings is 1. The number of fused-ring (bicyclic) bond motifs is 1. The first kappa shape index (κ1) is 20.3. The van der Waals surface area contributed by atoms with Crippen molar-refractivity contribution in [2.24, 2.45) is 5.41 Å². The summed E-state index contributed by atoms with van der Waals surface area (Å²) in [6, 6.07) is 17.6. The number of carbonyl (C=O) groups excluding carboxylic acids is 2. The third kappa shape index (κ3) is 3.54. The van der Waals surface area contributed by atoms with E-state index in [4.69, 9.17) is 5.26 Å². The first-order valence-electron chi connectivity index (χ1n) is 11.2. The Morgan fingerprint density at radius 1 is 0.938 bits per heavy atom. The number of aromatic nitrogens is 1. The lowest BCUT2D eigenvalue weighted by molar-refractivity contribution is -0.147. The van der Waals surface area contributed by atoms with Crippen molar-refractivity contribution < 1.29 is 9.59 Å². The molecule has 2 heterocycles. The van der Waals surface area contributed by atoms with E-state index >= 15 is 0 Å². The van der Waals surface area contributed by atoms with E-state index in [0.29, 0.717) is 37.4 Å². The molecule has 0 unspecified atom stereocenters. The van der Waals surface area contributed by atoms with Crippen molar-refractivity contribution in [2.45, 2.75) is 26.2 Å². The van der Waals surface area contributed by atoms with Gasteiger partial charge in [0.05, 0.1) is 0 Å². The summed E-state index contributed by atoms with van der Waals surface area (Å²) in [7, 11) is 0. The number of hydrogen-bond acceptors (Lipinski definition) is 3. The molecule has 2 fully saturated rings. The van der Waals surface area contributed by atoms with Crippen LogP contribution in [0.3, 0.4) is 0 Å². The standard InChI is InChI=1S/C26H26N4O2/c1-26(9-2-10-26)25(32)30-13-11-29(12-14-30)24(31)19-5-3-18(4-6-19)20-7-8-23-21(15-20)16-22(17-27)28-23/h3-8,15-16,28H,2,9-14H2,1H3. The molecular weight excluding hydrogens is 400 g/mol. The fraction of sp³-hybridized carbons (Fsp3) is 0.346. The third-order valence-corrected chi connectivity index (χ3v) is 7.03. The molecule has 1 saturated heterocycles. The van der Waals surface area contributed by atoms with Gasteiger partial charge in [0, 0.05) is 48.1 Å². The maximum absolute atomic E-state index is 13.0. The zero-order valence-electron chi connectivity index (χ0n) is 18.2. The maximum atomic E-state index is 13.0. The van der Waals surface area contributed by atoms with Gasteiger partial charge in [-0.1, -0.05) is 31.5 Å². The van der Waals surface area contributed by atoms with Crippen molar-refractivity contribution in [3.05, 3.63) is 59.8 Å². The molecule has 0 atom stereocenters. The lowest BCUT2D eigenvalue weighted by Crippen LogP contribution is -2.55. The Balaban J connectivity index is 1.25. The van der Waals surface area contributed by atoms with Crippen molar-refractivity contribution in [2.75, 3.05) is 26.2 Å². The number of nitriles is 1. The summed E-state index contributed by atoms with van der Waals surface area (Å²) in [6.45, 7) is 4.44. The molecule has 3 aromatic rings. The van der Waals surface area contributed by atoms with Gasteiger partial charge in [-0.25, -0.2) is 0 Å². The summed E-state index contributed by atoms with van der Waals surface area (Å²) in [5.74, 6) is 0.264. The molecule has 0 spiro atoms. The topological polar surface area (TPSA) is 80.2 Å². The SMILES string of the molecule is CC1(C(=O)N2CCN(C(=O)c3ccc(-c4ccc5[nH]c(C#N)cc5c4)cc3)CC2)CCC1. The van der Waals surface area contributed by atoms with Crippen LogP contribution in [-0.2, 0) is 4.79 Å². The lowest BCUT2D eigenvalue weighted by atomic mass is 9.69. The lowest BCUT2D eigenvalue weighted by Gasteiger charge is -2.43. The maximum Gasteiger partial charge on any atom is 0.253 e. The molecule has 1 aliphatic heterocycles. The molecule has 0 bridgehead atoms. The van der Waals surface area contributed by atoms with Gasteiger partial charge in [0.25, 0.3) is 5.91 Å². The van der Waals surface area contributed by atoms with Gasteiger partial charge in [-0.15, -0.1) is 0 Å². The second-order valence-electron chi connectivity index (χ2n) is 9.17. The van der Waals surface area contributed by atoms with Gasteiger partial charge >= 0.3 is 0 Å². The van der Waals surface area contributed by atoms with E-state index in [0.717, 1.165) is 41.3 Å². The van der Waals surface area contributed by atoms with Crippen molar-refractivity contribution in [1.82, 2.24) is 14.8 Å². The number of H-pyrrole nitrogens is 1. The summed E-state index contributed by atoms with van der Waals surface area (Å²) < 4.78 is 0. The Morgan fingerprint density at radius 2 is 1.59 bits per heavy atom. The van der Waals surface area contributed by atoms with E-state index in [9.17, 15) is 9.59 Å². The van der Waals surface area contributed by atoms with Crippen LogP contribution in [0.1, 0.15) is 42.2 Å². The fourth-order valence-corrected chi connectivity index (χ4v) is 4.78. The van der Waals surface area contributed by atoms with Crippen molar-refractivity contribution >= 4 is 22.7 Å². The largest absolute Gasteiger partial charge is 0.346 e. The first-order chi connectivity index (χ1) is 15.5. The highest BCUT2D eigenvalue weighted by atomic mass is 16.2. The van der Waals surface area contributed by atoms with Gasteiger partial charge in [-0.3, -0.25) is 9.59 Å². The van der Waals surface area contributed by atoms with Crippen LogP contribution in [-0.4, -0.2) is 52.8 Å². The third-order valence-electron chi connectivity index (χ3n) is 7.03. The van der Waals surface area contributed by atoms with Gasteiger partial charge in [-0.05, 0) is 54.3 Å². The Morgan fingerprint density at radius 3 is 2.22 bits per heavy atom. The molecule has 6 nitrogen and oxygen atoms in total. The van der Waals surface area contributed by atoms with Crippen LogP contribution in [0.15, 0.2) is 48.5 Å². The summed E-state index contributed by atoms with van der Waals surface area (Å²) >= 11 is 0. The van der Waals surface area contributed by atoms with Gasteiger partial charge in [0.15, 0.2) is 0 Å². The predicted molar refractivity (Wildman–Crippen MR) is 123 cm³/mol. The minimum absolute atomic E-state index is 0.0123. The zero-order valence-corrected chi connectivity index (χ0v) is 18.2. The smallest absolute Gasteiger partial charge is 0.253 e. The Kier molecular flexibility index (Phi) is 4.97. The van der Waals surface area contributed by atoms with E-state index in [1.807, 2.05) is 58.3 Å². The van der Waals surface area contributed by atoms with Crippen molar-refractivity contribution in [3.63, 3.8) is 0 Å². The van der Waals surface area contributed by atoms with Crippen LogP contribution in [0.4, 0.5) is 0 Å². The Bertz CT molecular complexity index is 1220.